The van der Waals surface area contributed by atoms with Gasteiger partial charge >= 0.3 is 0 Å². The third-order valence-corrected chi connectivity index (χ3v) is 4.25. The molecule has 0 saturated heterocycles. The van der Waals surface area contributed by atoms with E-state index in [0.29, 0.717) is 18.8 Å². The van der Waals surface area contributed by atoms with E-state index in [1.165, 1.54) is 12.3 Å². The van der Waals surface area contributed by atoms with Crippen molar-refractivity contribution in [2.75, 3.05) is 18.4 Å². The standard InChI is InChI=1S/C14H18N4O2S/c1-2-15-14-7-6-13(11-17-14)21(19,20)18-10-8-12-5-3-4-9-16-12/h3-7,9,11,18H,2,8,10H2,1H3,(H,15,17). The van der Waals surface area contributed by atoms with Gasteiger partial charge in [0.15, 0.2) is 0 Å². The fraction of sp³-hybridized carbons (Fsp3) is 0.286. The molecule has 0 amide bonds. The number of hydrogen-bond acceptors (Lipinski definition) is 5. The Morgan fingerprint density at radius 1 is 1.14 bits per heavy atom. The third kappa shape index (κ3) is 4.51. The normalized spacial score (nSPS) is 11.3. The van der Waals surface area contributed by atoms with Gasteiger partial charge in [-0.05, 0) is 31.2 Å². The van der Waals surface area contributed by atoms with Crippen molar-refractivity contribution in [3.05, 3.63) is 48.4 Å². The van der Waals surface area contributed by atoms with Crippen LogP contribution in [0, 0.1) is 0 Å². The van der Waals surface area contributed by atoms with Crippen molar-refractivity contribution < 1.29 is 8.42 Å². The Morgan fingerprint density at radius 3 is 2.62 bits per heavy atom. The highest BCUT2D eigenvalue weighted by Crippen LogP contribution is 2.10. The monoisotopic (exact) mass is 306 g/mol. The summed E-state index contributed by atoms with van der Waals surface area (Å²) in [6.07, 6.45) is 3.58. The predicted octanol–water partition coefficient (Wildman–Crippen LogP) is 1.43. The molecular weight excluding hydrogens is 288 g/mol. The lowest BCUT2D eigenvalue weighted by molar-refractivity contribution is 0.581. The summed E-state index contributed by atoms with van der Waals surface area (Å²) in [6.45, 7) is 2.99. The largest absolute Gasteiger partial charge is 0.370 e. The van der Waals surface area contributed by atoms with Crippen LogP contribution in [0.2, 0.25) is 0 Å². The number of rotatable bonds is 7. The van der Waals surface area contributed by atoms with Crippen molar-refractivity contribution >= 4 is 15.8 Å². The highest BCUT2D eigenvalue weighted by Gasteiger charge is 2.13. The van der Waals surface area contributed by atoms with Crippen molar-refractivity contribution in [3.63, 3.8) is 0 Å². The van der Waals surface area contributed by atoms with Crippen LogP contribution in [0.4, 0.5) is 5.82 Å². The molecule has 0 unspecified atom stereocenters. The van der Waals surface area contributed by atoms with Crippen LogP contribution in [0.25, 0.3) is 0 Å². The number of pyridine rings is 2. The Kier molecular flexibility index (Phi) is 5.24. The zero-order valence-corrected chi connectivity index (χ0v) is 12.6. The number of nitrogens with one attached hydrogen (secondary N) is 2. The first-order valence-electron chi connectivity index (χ1n) is 6.71. The summed E-state index contributed by atoms with van der Waals surface area (Å²) in [6, 6.07) is 8.75. The van der Waals surface area contributed by atoms with Crippen LogP contribution in [-0.4, -0.2) is 31.5 Å². The van der Waals surface area contributed by atoms with Crippen LogP contribution < -0.4 is 10.0 Å². The molecule has 2 rings (SSSR count). The van der Waals surface area contributed by atoms with Crippen molar-refractivity contribution in [3.8, 4) is 0 Å². The molecule has 7 heteroatoms. The first kappa shape index (κ1) is 15.4. The summed E-state index contributed by atoms with van der Waals surface area (Å²) in [5.41, 5.74) is 0.848. The van der Waals surface area contributed by atoms with E-state index in [2.05, 4.69) is 20.0 Å². The van der Waals surface area contributed by atoms with Crippen LogP contribution in [0.5, 0.6) is 0 Å². The molecule has 2 aromatic rings. The van der Waals surface area contributed by atoms with E-state index in [0.717, 1.165) is 12.2 Å². The molecule has 0 radical (unpaired) electrons. The predicted molar refractivity (Wildman–Crippen MR) is 81.5 cm³/mol. The van der Waals surface area contributed by atoms with E-state index < -0.39 is 10.0 Å². The van der Waals surface area contributed by atoms with Crippen molar-refractivity contribution in [2.24, 2.45) is 0 Å². The van der Waals surface area contributed by atoms with Gasteiger partial charge in [0.25, 0.3) is 0 Å². The average Bonchev–Trinajstić information content (AvgIpc) is 2.49. The van der Waals surface area contributed by atoms with Crippen LogP contribution in [0.15, 0.2) is 47.6 Å². The fourth-order valence-electron chi connectivity index (χ4n) is 1.77. The highest BCUT2D eigenvalue weighted by atomic mass is 32.2. The molecule has 6 nitrogen and oxygen atoms in total. The van der Waals surface area contributed by atoms with Gasteiger partial charge < -0.3 is 5.32 Å². The molecule has 2 heterocycles. The summed E-state index contributed by atoms with van der Waals surface area (Å²) in [4.78, 5) is 8.36. The van der Waals surface area contributed by atoms with Gasteiger partial charge in [-0.15, -0.1) is 0 Å². The summed E-state index contributed by atoms with van der Waals surface area (Å²) < 4.78 is 26.7. The lowest BCUT2D eigenvalue weighted by Crippen LogP contribution is -2.26. The summed E-state index contributed by atoms with van der Waals surface area (Å²) >= 11 is 0. The molecule has 0 aromatic carbocycles. The molecule has 2 N–H and O–H groups in total. The molecule has 112 valence electrons. The van der Waals surface area contributed by atoms with Gasteiger partial charge in [0.2, 0.25) is 10.0 Å². The lowest BCUT2D eigenvalue weighted by atomic mass is 10.3. The highest BCUT2D eigenvalue weighted by molar-refractivity contribution is 7.89. The van der Waals surface area contributed by atoms with Crippen LogP contribution in [0.1, 0.15) is 12.6 Å². The maximum atomic E-state index is 12.1. The molecule has 0 spiro atoms. The van der Waals surface area contributed by atoms with Gasteiger partial charge in [-0.25, -0.2) is 18.1 Å². The van der Waals surface area contributed by atoms with Gasteiger partial charge in [0, 0.05) is 37.6 Å². The lowest BCUT2D eigenvalue weighted by Gasteiger charge is -2.07. The van der Waals surface area contributed by atoms with Gasteiger partial charge in [-0.1, -0.05) is 6.07 Å². The molecule has 0 fully saturated rings. The molecule has 0 bridgehead atoms. The molecule has 0 saturated carbocycles. The smallest absolute Gasteiger partial charge is 0.242 e. The molecule has 21 heavy (non-hydrogen) atoms. The van der Waals surface area contributed by atoms with Gasteiger partial charge in [-0.3, -0.25) is 4.98 Å². The van der Waals surface area contributed by atoms with Gasteiger partial charge in [-0.2, -0.15) is 0 Å². The van der Waals surface area contributed by atoms with Crippen molar-refractivity contribution in [1.82, 2.24) is 14.7 Å². The Morgan fingerprint density at radius 2 is 2.00 bits per heavy atom. The average molecular weight is 306 g/mol. The minimum absolute atomic E-state index is 0.158. The van der Waals surface area contributed by atoms with Crippen LogP contribution >= 0.6 is 0 Å². The zero-order chi connectivity index (χ0) is 15.1. The minimum Gasteiger partial charge on any atom is -0.370 e. The second kappa shape index (κ2) is 7.14. The van der Waals surface area contributed by atoms with E-state index in [1.807, 2.05) is 25.1 Å². The Labute approximate surface area is 124 Å². The Bertz CT molecular complexity index is 657. The summed E-state index contributed by atoms with van der Waals surface area (Å²) in [7, 11) is -3.53. The molecule has 0 atom stereocenters. The Hall–Kier alpha value is -1.99. The topological polar surface area (TPSA) is 84.0 Å². The number of anilines is 1. The molecule has 2 aromatic heterocycles. The second-order valence-corrected chi connectivity index (χ2v) is 6.15. The quantitative estimate of drug-likeness (QED) is 0.808. The summed E-state index contributed by atoms with van der Waals surface area (Å²) in [5.74, 6) is 0.657. The van der Waals surface area contributed by atoms with Crippen LogP contribution in [0.3, 0.4) is 0 Å². The number of sulfonamides is 1. The van der Waals surface area contributed by atoms with E-state index >= 15 is 0 Å². The van der Waals surface area contributed by atoms with Crippen molar-refractivity contribution in [2.45, 2.75) is 18.2 Å². The third-order valence-electron chi connectivity index (χ3n) is 2.80. The molecule has 0 aliphatic heterocycles. The molecule has 0 aliphatic carbocycles. The van der Waals surface area contributed by atoms with Crippen molar-refractivity contribution in [1.29, 1.82) is 0 Å². The summed E-state index contributed by atoms with van der Waals surface area (Å²) in [5, 5.41) is 3.02. The van der Waals surface area contributed by atoms with E-state index in [9.17, 15) is 8.42 Å². The first-order valence-corrected chi connectivity index (χ1v) is 8.19. The molecule has 0 aliphatic rings. The maximum Gasteiger partial charge on any atom is 0.242 e. The number of hydrogen-bond donors (Lipinski definition) is 2. The van der Waals surface area contributed by atoms with Gasteiger partial charge in [0.05, 0.1) is 0 Å². The SMILES string of the molecule is CCNc1ccc(S(=O)(=O)NCCc2ccccn2)cn1. The Balaban J connectivity index is 1.95. The second-order valence-electron chi connectivity index (χ2n) is 4.38. The zero-order valence-electron chi connectivity index (χ0n) is 11.8. The van der Waals surface area contributed by atoms with Crippen LogP contribution in [-0.2, 0) is 16.4 Å². The van der Waals surface area contributed by atoms with Gasteiger partial charge in [0.1, 0.15) is 10.7 Å². The fourth-order valence-corrected chi connectivity index (χ4v) is 2.74. The minimum atomic E-state index is -3.53. The van der Waals surface area contributed by atoms with E-state index in [4.69, 9.17) is 0 Å². The number of nitrogens with zero attached hydrogens (tertiary/aromatic N) is 2. The first-order chi connectivity index (χ1) is 10.1. The van der Waals surface area contributed by atoms with E-state index in [-0.39, 0.29) is 4.90 Å². The molecular formula is C14H18N4O2S. The maximum absolute atomic E-state index is 12.1. The number of aromatic nitrogens is 2. The van der Waals surface area contributed by atoms with E-state index in [1.54, 1.807) is 12.3 Å².